The van der Waals surface area contributed by atoms with Crippen LogP contribution in [0.3, 0.4) is 0 Å². The molecule has 1 saturated heterocycles. The highest BCUT2D eigenvalue weighted by molar-refractivity contribution is 7.09. The molecule has 3 rings (SSSR count). The van der Waals surface area contributed by atoms with Crippen LogP contribution in [0.25, 0.3) is 0 Å². The molecule has 0 saturated carbocycles. The minimum absolute atomic E-state index is 0.186. The van der Waals surface area contributed by atoms with Gasteiger partial charge in [0.15, 0.2) is 0 Å². The van der Waals surface area contributed by atoms with Crippen LogP contribution < -0.4 is 10.6 Å². The van der Waals surface area contributed by atoms with Gasteiger partial charge in [0, 0.05) is 44.4 Å². The first-order valence-electron chi connectivity index (χ1n) is 11.8. The van der Waals surface area contributed by atoms with Crippen molar-refractivity contribution < 1.29 is 19.1 Å². The van der Waals surface area contributed by atoms with Crippen LogP contribution in [0, 0.1) is 0 Å². The number of para-hydroxylation sites is 1. The van der Waals surface area contributed by atoms with E-state index < -0.39 is 0 Å². The van der Waals surface area contributed by atoms with Crippen LogP contribution in [0.1, 0.15) is 34.4 Å². The number of hydrogen-bond acceptors (Lipinski definition) is 7. The number of aromatic nitrogens is 1. The van der Waals surface area contributed by atoms with E-state index in [1.54, 1.807) is 17.4 Å². The summed E-state index contributed by atoms with van der Waals surface area (Å²) in [5.74, 6) is -0.186. The molecule has 0 aliphatic carbocycles. The highest BCUT2D eigenvalue weighted by Crippen LogP contribution is 2.18. The minimum Gasteiger partial charge on any atom is -0.383 e. The number of carbonyl (C=O) groups is 2. The SMILES string of the molecule is CCc1ccccc1NC(=O)N(CCOC)Cc1nc(C(=O)NCCCN2CCOCC2)cs1. The molecule has 0 bridgehead atoms. The molecule has 9 nitrogen and oxygen atoms in total. The van der Waals surface area contributed by atoms with Crippen molar-refractivity contribution in [1.82, 2.24) is 20.1 Å². The zero-order valence-electron chi connectivity index (χ0n) is 20.0. The van der Waals surface area contributed by atoms with Crippen LogP contribution in [0.2, 0.25) is 0 Å². The van der Waals surface area contributed by atoms with Crippen LogP contribution in [0.4, 0.5) is 10.5 Å². The second kappa shape index (κ2) is 14.0. The number of nitrogens with one attached hydrogen (secondary N) is 2. The number of hydrogen-bond donors (Lipinski definition) is 2. The van der Waals surface area contributed by atoms with E-state index in [2.05, 4.69) is 27.4 Å². The van der Waals surface area contributed by atoms with E-state index in [0.717, 1.165) is 56.9 Å². The fourth-order valence-corrected chi connectivity index (χ4v) is 4.46. The van der Waals surface area contributed by atoms with Gasteiger partial charge in [0.25, 0.3) is 5.91 Å². The molecule has 1 aromatic carbocycles. The minimum atomic E-state index is -0.220. The summed E-state index contributed by atoms with van der Waals surface area (Å²) in [5.41, 5.74) is 2.26. The first kappa shape index (κ1) is 26.1. The van der Waals surface area contributed by atoms with E-state index in [1.807, 2.05) is 24.3 Å². The number of amides is 3. The van der Waals surface area contributed by atoms with Crippen molar-refractivity contribution in [3.63, 3.8) is 0 Å². The van der Waals surface area contributed by atoms with E-state index >= 15 is 0 Å². The topological polar surface area (TPSA) is 96.0 Å². The van der Waals surface area contributed by atoms with Crippen molar-refractivity contribution in [1.29, 1.82) is 0 Å². The largest absolute Gasteiger partial charge is 0.383 e. The van der Waals surface area contributed by atoms with Crippen molar-refractivity contribution in [2.75, 3.05) is 65.0 Å². The Kier molecular flexibility index (Phi) is 10.7. The third-order valence-electron chi connectivity index (χ3n) is 5.64. The van der Waals surface area contributed by atoms with E-state index in [0.29, 0.717) is 36.9 Å². The van der Waals surface area contributed by atoms with E-state index in [9.17, 15) is 9.59 Å². The number of rotatable bonds is 12. The lowest BCUT2D eigenvalue weighted by atomic mass is 10.1. The molecule has 0 atom stereocenters. The number of carbonyl (C=O) groups excluding carboxylic acids is 2. The zero-order chi connectivity index (χ0) is 24.2. The number of anilines is 1. The van der Waals surface area contributed by atoms with Gasteiger partial charge in [-0.05, 0) is 31.0 Å². The van der Waals surface area contributed by atoms with Gasteiger partial charge >= 0.3 is 6.03 Å². The molecule has 1 fully saturated rings. The normalized spacial score (nSPS) is 14.1. The number of morpholine rings is 1. The lowest BCUT2D eigenvalue weighted by molar-refractivity contribution is 0.0374. The van der Waals surface area contributed by atoms with Gasteiger partial charge in [0.2, 0.25) is 0 Å². The molecule has 0 spiro atoms. The maximum atomic E-state index is 13.0. The van der Waals surface area contributed by atoms with Gasteiger partial charge in [0.05, 0.1) is 26.4 Å². The van der Waals surface area contributed by atoms with Gasteiger partial charge in [-0.2, -0.15) is 0 Å². The molecule has 2 aromatic rings. The second-order valence-electron chi connectivity index (χ2n) is 8.05. The van der Waals surface area contributed by atoms with Gasteiger partial charge in [-0.1, -0.05) is 25.1 Å². The maximum Gasteiger partial charge on any atom is 0.322 e. The zero-order valence-corrected chi connectivity index (χ0v) is 20.9. The van der Waals surface area contributed by atoms with Crippen LogP contribution in [-0.4, -0.2) is 86.4 Å². The number of aryl methyl sites for hydroxylation is 1. The molecule has 2 N–H and O–H groups in total. The highest BCUT2D eigenvalue weighted by atomic mass is 32.1. The predicted octanol–water partition coefficient (Wildman–Crippen LogP) is 2.84. The molecule has 3 amide bonds. The van der Waals surface area contributed by atoms with Crippen LogP contribution >= 0.6 is 11.3 Å². The fraction of sp³-hybridized carbons (Fsp3) is 0.542. The molecule has 34 heavy (non-hydrogen) atoms. The third kappa shape index (κ3) is 8.05. The molecule has 0 unspecified atom stereocenters. The Labute approximate surface area is 205 Å². The predicted molar refractivity (Wildman–Crippen MR) is 133 cm³/mol. The second-order valence-corrected chi connectivity index (χ2v) is 8.99. The smallest absolute Gasteiger partial charge is 0.322 e. The average molecular weight is 490 g/mol. The summed E-state index contributed by atoms with van der Waals surface area (Å²) in [6, 6.07) is 7.54. The summed E-state index contributed by atoms with van der Waals surface area (Å²) < 4.78 is 10.5. The number of urea groups is 1. The van der Waals surface area contributed by atoms with Crippen molar-refractivity contribution in [2.24, 2.45) is 0 Å². The number of methoxy groups -OCH3 is 1. The maximum absolute atomic E-state index is 13.0. The van der Waals surface area contributed by atoms with Gasteiger partial charge < -0.3 is 25.0 Å². The summed E-state index contributed by atoms with van der Waals surface area (Å²) in [6.45, 7) is 8.16. The Hall–Kier alpha value is -2.53. The van der Waals surface area contributed by atoms with Gasteiger partial charge in [-0.25, -0.2) is 9.78 Å². The first-order chi connectivity index (χ1) is 16.6. The Morgan fingerprint density at radius 3 is 2.82 bits per heavy atom. The number of nitrogens with zero attached hydrogens (tertiary/aromatic N) is 3. The third-order valence-corrected chi connectivity index (χ3v) is 6.48. The lowest BCUT2D eigenvalue weighted by Gasteiger charge is -2.26. The average Bonchev–Trinajstić information content (AvgIpc) is 3.34. The number of thiazole rings is 1. The monoisotopic (exact) mass is 489 g/mol. The van der Waals surface area contributed by atoms with Gasteiger partial charge in [-0.3, -0.25) is 9.69 Å². The first-order valence-corrected chi connectivity index (χ1v) is 12.6. The van der Waals surface area contributed by atoms with Crippen molar-refractivity contribution in [2.45, 2.75) is 26.3 Å². The quantitative estimate of drug-likeness (QED) is 0.445. The summed E-state index contributed by atoms with van der Waals surface area (Å²) in [6.07, 6.45) is 1.71. The van der Waals surface area contributed by atoms with E-state index in [4.69, 9.17) is 9.47 Å². The van der Waals surface area contributed by atoms with Gasteiger partial charge in [0.1, 0.15) is 10.7 Å². The van der Waals surface area contributed by atoms with Crippen molar-refractivity contribution >= 4 is 29.0 Å². The van der Waals surface area contributed by atoms with Crippen LogP contribution in [0.15, 0.2) is 29.6 Å². The summed E-state index contributed by atoms with van der Waals surface area (Å²) in [4.78, 5) is 33.9. The number of benzene rings is 1. The molecular weight excluding hydrogens is 454 g/mol. The van der Waals surface area contributed by atoms with Crippen molar-refractivity contribution in [3.05, 3.63) is 45.9 Å². The van der Waals surface area contributed by atoms with E-state index in [1.165, 1.54) is 11.3 Å². The highest BCUT2D eigenvalue weighted by Gasteiger charge is 2.18. The summed E-state index contributed by atoms with van der Waals surface area (Å²) in [5, 5.41) is 8.38. The Balaban J connectivity index is 1.51. The Morgan fingerprint density at radius 1 is 1.26 bits per heavy atom. The lowest BCUT2D eigenvalue weighted by Crippen LogP contribution is -2.38. The molecule has 10 heteroatoms. The molecule has 186 valence electrons. The molecule has 1 aromatic heterocycles. The van der Waals surface area contributed by atoms with Crippen LogP contribution in [-0.2, 0) is 22.4 Å². The number of ether oxygens (including phenoxy) is 2. The summed E-state index contributed by atoms with van der Waals surface area (Å²) in [7, 11) is 1.60. The van der Waals surface area contributed by atoms with Crippen molar-refractivity contribution in [3.8, 4) is 0 Å². The van der Waals surface area contributed by atoms with Gasteiger partial charge in [-0.15, -0.1) is 11.3 Å². The molecule has 2 heterocycles. The summed E-state index contributed by atoms with van der Waals surface area (Å²) >= 11 is 1.38. The van der Waals surface area contributed by atoms with E-state index in [-0.39, 0.29) is 11.9 Å². The molecule has 1 aliphatic rings. The molecule has 1 aliphatic heterocycles. The standard InChI is InChI=1S/C24H35N5O4S/c1-3-19-7-4-5-8-20(19)27-24(31)29(13-14-32-2)17-22-26-21(18-34-22)23(30)25-9-6-10-28-11-15-33-16-12-28/h4-5,7-8,18H,3,6,9-17H2,1-2H3,(H,25,30)(H,27,31). The molecular formula is C24H35N5O4S. The Morgan fingerprint density at radius 2 is 2.06 bits per heavy atom. The Bertz CT molecular complexity index is 916. The molecule has 0 radical (unpaired) electrons. The van der Waals surface area contributed by atoms with Crippen LogP contribution in [0.5, 0.6) is 0 Å². The fourth-order valence-electron chi connectivity index (χ4n) is 3.67.